The van der Waals surface area contributed by atoms with Crippen molar-refractivity contribution in [1.29, 1.82) is 0 Å². The number of benzene rings is 3. The summed E-state index contributed by atoms with van der Waals surface area (Å²) in [6.07, 6.45) is 0. The van der Waals surface area contributed by atoms with Crippen LogP contribution in [0.3, 0.4) is 0 Å². The minimum Gasteiger partial charge on any atom is -0.497 e. The Kier molecular flexibility index (Phi) is 6.62. The number of rotatable bonds is 7. The van der Waals surface area contributed by atoms with Gasteiger partial charge in [-0.15, -0.1) is 0 Å². The van der Waals surface area contributed by atoms with Gasteiger partial charge in [-0.1, -0.05) is 24.3 Å². The second kappa shape index (κ2) is 9.35. The lowest BCUT2D eigenvalue weighted by molar-refractivity contribution is -0.116. The van der Waals surface area contributed by atoms with Gasteiger partial charge in [0.15, 0.2) is 0 Å². The van der Waals surface area contributed by atoms with Crippen LogP contribution in [0.2, 0.25) is 0 Å². The van der Waals surface area contributed by atoms with Gasteiger partial charge in [-0.3, -0.25) is 4.79 Å². The smallest absolute Gasteiger partial charge is 0.246 e. The SMILES string of the molecule is COc1ccc(-c2cc(NC(C)C(=O)Nc3cc(C)ccc3C)ccc2OC)cc1. The number of carbonyl (C=O) groups excluding carboxylic acids is 1. The van der Waals surface area contributed by atoms with E-state index in [4.69, 9.17) is 9.47 Å². The van der Waals surface area contributed by atoms with E-state index in [9.17, 15) is 4.79 Å². The highest BCUT2D eigenvalue weighted by atomic mass is 16.5. The highest BCUT2D eigenvalue weighted by molar-refractivity contribution is 5.97. The molecule has 1 atom stereocenters. The average molecular weight is 405 g/mol. The van der Waals surface area contributed by atoms with Crippen LogP contribution in [-0.2, 0) is 4.79 Å². The van der Waals surface area contributed by atoms with Crippen LogP contribution in [-0.4, -0.2) is 26.2 Å². The summed E-state index contributed by atoms with van der Waals surface area (Å²) in [5.74, 6) is 1.47. The van der Waals surface area contributed by atoms with Gasteiger partial charge in [0.25, 0.3) is 0 Å². The molecule has 5 heteroatoms. The standard InChI is InChI=1S/C25H28N2O3/c1-16-6-7-17(2)23(14-16)27-25(28)18(3)26-20-10-13-24(30-5)22(15-20)19-8-11-21(29-4)12-9-19/h6-15,18,26H,1-5H3,(H,27,28). The summed E-state index contributed by atoms with van der Waals surface area (Å²) in [5.41, 5.74) is 5.76. The third-order valence-electron chi connectivity index (χ3n) is 5.03. The molecule has 0 aliphatic rings. The summed E-state index contributed by atoms with van der Waals surface area (Å²) in [6.45, 7) is 5.84. The maximum Gasteiger partial charge on any atom is 0.246 e. The second-order valence-electron chi connectivity index (χ2n) is 7.32. The molecular weight excluding hydrogens is 376 g/mol. The van der Waals surface area contributed by atoms with E-state index in [1.807, 2.05) is 81.4 Å². The monoisotopic (exact) mass is 404 g/mol. The minimum atomic E-state index is -0.415. The third kappa shape index (κ3) is 4.92. The van der Waals surface area contributed by atoms with E-state index in [0.29, 0.717) is 0 Å². The van der Waals surface area contributed by atoms with Crippen LogP contribution in [0, 0.1) is 13.8 Å². The van der Waals surface area contributed by atoms with Crippen molar-refractivity contribution in [1.82, 2.24) is 0 Å². The summed E-state index contributed by atoms with van der Waals surface area (Å²) >= 11 is 0. The van der Waals surface area contributed by atoms with Gasteiger partial charge in [0.1, 0.15) is 17.5 Å². The van der Waals surface area contributed by atoms with E-state index in [1.165, 1.54) is 0 Å². The zero-order valence-electron chi connectivity index (χ0n) is 18.1. The van der Waals surface area contributed by atoms with Crippen molar-refractivity contribution in [2.24, 2.45) is 0 Å². The van der Waals surface area contributed by atoms with Gasteiger partial charge < -0.3 is 20.1 Å². The average Bonchev–Trinajstić information content (AvgIpc) is 2.76. The van der Waals surface area contributed by atoms with Crippen molar-refractivity contribution >= 4 is 17.3 Å². The van der Waals surface area contributed by atoms with E-state index >= 15 is 0 Å². The van der Waals surface area contributed by atoms with E-state index in [-0.39, 0.29) is 5.91 Å². The first kappa shape index (κ1) is 21.2. The molecule has 0 bridgehead atoms. The number of nitrogens with one attached hydrogen (secondary N) is 2. The Hall–Kier alpha value is -3.47. The van der Waals surface area contributed by atoms with Crippen molar-refractivity contribution in [2.75, 3.05) is 24.9 Å². The Morgan fingerprint density at radius 2 is 1.63 bits per heavy atom. The molecule has 3 aromatic carbocycles. The van der Waals surface area contributed by atoms with E-state index < -0.39 is 6.04 Å². The predicted octanol–water partition coefficient (Wildman–Crippen LogP) is 5.43. The summed E-state index contributed by atoms with van der Waals surface area (Å²) in [6, 6.07) is 19.2. The fraction of sp³-hybridized carbons (Fsp3) is 0.240. The summed E-state index contributed by atoms with van der Waals surface area (Å²) < 4.78 is 10.8. The lowest BCUT2D eigenvalue weighted by atomic mass is 10.0. The Balaban J connectivity index is 1.78. The van der Waals surface area contributed by atoms with Crippen LogP contribution in [0.5, 0.6) is 11.5 Å². The first-order valence-electron chi connectivity index (χ1n) is 9.88. The number of anilines is 2. The number of ether oxygens (including phenoxy) is 2. The van der Waals surface area contributed by atoms with Gasteiger partial charge >= 0.3 is 0 Å². The van der Waals surface area contributed by atoms with E-state index in [2.05, 4.69) is 10.6 Å². The van der Waals surface area contributed by atoms with E-state index in [1.54, 1.807) is 14.2 Å². The van der Waals surface area contributed by atoms with Crippen LogP contribution in [0.15, 0.2) is 60.7 Å². The van der Waals surface area contributed by atoms with Gasteiger partial charge in [0.05, 0.1) is 14.2 Å². The molecular formula is C25H28N2O3. The molecule has 0 saturated carbocycles. The number of amides is 1. The Morgan fingerprint density at radius 1 is 0.900 bits per heavy atom. The summed E-state index contributed by atoms with van der Waals surface area (Å²) in [7, 11) is 3.29. The lowest BCUT2D eigenvalue weighted by Gasteiger charge is -2.18. The van der Waals surface area contributed by atoms with Crippen LogP contribution >= 0.6 is 0 Å². The van der Waals surface area contributed by atoms with Gasteiger partial charge in [0, 0.05) is 16.9 Å². The second-order valence-corrected chi connectivity index (χ2v) is 7.32. The Bertz CT molecular complexity index is 1030. The van der Waals surface area contributed by atoms with Crippen molar-refractivity contribution in [3.63, 3.8) is 0 Å². The first-order chi connectivity index (χ1) is 14.4. The number of aryl methyl sites for hydroxylation is 2. The van der Waals surface area contributed by atoms with Crippen molar-refractivity contribution in [3.8, 4) is 22.6 Å². The highest BCUT2D eigenvalue weighted by Gasteiger charge is 2.15. The Morgan fingerprint density at radius 3 is 2.30 bits per heavy atom. The van der Waals surface area contributed by atoms with Crippen molar-refractivity contribution in [2.45, 2.75) is 26.8 Å². The third-order valence-corrected chi connectivity index (χ3v) is 5.03. The maximum atomic E-state index is 12.7. The van der Waals surface area contributed by atoms with Crippen LogP contribution < -0.4 is 20.1 Å². The molecule has 1 unspecified atom stereocenters. The molecule has 3 rings (SSSR count). The van der Waals surface area contributed by atoms with Crippen LogP contribution in [0.4, 0.5) is 11.4 Å². The fourth-order valence-corrected chi connectivity index (χ4v) is 3.22. The van der Waals surface area contributed by atoms with Gasteiger partial charge in [-0.05, 0) is 73.9 Å². The Labute approximate surface area is 178 Å². The van der Waals surface area contributed by atoms with Gasteiger partial charge in [0.2, 0.25) is 5.91 Å². The minimum absolute atomic E-state index is 0.0921. The largest absolute Gasteiger partial charge is 0.497 e. The normalized spacial score (nSPS) is 11.5. The molecule has 0 aliphatic heterocycles. The highest BCUT2D eigenvalue weighted by Crippen LogP contribution is 2.33. The van der Waals surface area contributed by atoms with Gasteiger partial charge in [-0.25, -0.2) is 0 Å². The lowest BCUT2D eigenvalue weighted by Crippen LogP contribution is -2.32. The summed E-state index contributed by atoms with van der Waals surface area (Å²) in [5, 5.41) is 6.30. The van der Waals surface area contributed by atoms with Crippen molar-refractivity contribution < 1.29 is 14.3 Å². The van der Waals surface area contributed by atoms with Gasteiger partial charge in [-0.2, -0.15) is 0 Å². The molecule has 0 aromatic heterocycles. The molecule has 1 amide bonds. The zero-order valence-corrected chi connectivity index (χ0v) is 18.1. The number of methoxy groups -OCH3 is 2. The number of hydrogen-bond donors (Lipinski definition) is 2. The first-order valence-corrected chi connectivity index (χ1v) is 9.88. The van der Waals surface area contributed by atoms with Crippen LogP contribution in [0.1, 0.15) is 18.1 Å². The molecule has 156 valence electrons. The zero-order chi connectivity index (χ0) is 21.7. The molecule has 0 spiro atoms. The molecule has 0 fully saturated rings. The number of carbonyl (C=O) groups is 1. The van der Waals surface area contributed by atoms with Crippen LogP contribution in [0.25, 0.3) is 11.1 Å². The van der Waals surface area contributed by atoms with Crippen molar-refractivity contribution in [3.05, 3.63) is 71.8 Å². The number of hydrogen-bond acceptors (Lipinski definition) is 4. The molecule has 3 aromatic rings. The molecule has 30 heavy (non-hydrogen) atoms. The predicted molar refractivity (Wildman–Crippen MR) is 123 cm³/mol. The molecule has 0 saturated heterocycles. The molecule has 2 N–H and O–H groups in total. The molecule has 0 heterocycles. The summed E-state index contributed by atoms with van der Waals surface area (Å²) in [4.78, 5) is 12.7. The quantitative estimate of drug-likeness (QED) is 0.551. The molecule has 5 nitrogen and oxygen atoms in total. The fourth-order valence-electron chi connectivity index (χ4n) is 3.22. The van der Waals surface area contributed by atoms with E-state index in [0.717, 1.165) is 45.1 Å². The molecule has 0 radical (unpaired) electrons. The topological polar surface area (TPSA) is 59.6 Å². The molecule has 0 aliphatic carbocycles. The maximum absolute atomic E-state index is 12.7.